The third-order valence-corrected chi connectivity index (χ3v) is 6.00. The minimum absolute atomic E-state index is 0.0488. The lowest BCUT2D eigenvalue weighted by Gasteiger charge is -2.20. The molecular formula is C19H19F2N2O4P. The van der Waals surface area contributed by atoms with Gasteiger partial charge in [0, 0.05) is 31.6 Å². The predicted octanol–water partition coefficient (Wildman–Crippen LogP) is 2.71. The van der Waals surface area contributed by atoms with Crippen molar-refractivity contribution in [3.05, 3.63) is 48.0 Å². The highest BCUT2D eigenvalue weighted by Crippen LogP contribution is 2.40. The van der Waals surface area contributed by atoms with Crippen LogP contribution in [0.5, 0.6) is 0 Å². The maximum Gasteiger partial charge on any atom is 0.249 e. The highest BCUT2D eigenvalue weighted by Gasteiger charge is 2.34. The zero-order valence-electron chi connectivity index (χ0n) is 15.3. The molecule has 1 saturated heterocycles. The maximum absolute atomic E-state index is 15.0. The molecular weight excluding hydrogens is 389 g/mol. The predicted molar refractivity (Wildman–Crippen MR) is 102 cm³/mol. The molecule has 1 unspecified atom stereocenters. The molecule has 1 heterocycles. The van der Waals surface area contributed by atoms with Gasteiger partial charge in [-0.15, -0.1) is 0 Å². The molecule has 148 valence electrons. The topological polar surface area (TPSA) is 67.9 Å². The molecule has 3 rings (SSSR count). The normalized spacial score (nSPS) is 16.7. The fourth-order valence-corrected chi connectivity index (χ4v) is 4.39. The number of carbonyl (C=O) groups excluding carboxylic acids is 2. The van der Waals surface area contributed by atoms with Crippen molar-refractivity contribution >= 4 is 31.7 Å². The minimum Gasteiger partial charge on any atom is -0.347 e. The van der Waals surface area contributed by atoms with Crippen molar-refractivity contribution in [1.29, 1.82) is 0 Å². The summed E-state index contributed by atoms with van der Waals surface area (Å²) in [5.74, 6) is -2.65. The number of rotatable bonds is 7. The van der Waals surface area contributed by atoms with Crippen molar-refractivity contribution in [2.24, 2.45) is 0 Å². The van der Waals surface area contributed by atoms with Crippen LogP contribution in [0.3, 0.4) is 0 Å². The van der Waals surface area contributed by atoms with Gasteiger partial charge in [0.2, 0.25) is 20.7 Å². The number of nitrogens with zero attached hydrogens (tertiary/aromatic N) is 1. The van der Waals surface area contributed by atoms with Crippen molar-refractivity contribution in [2.45, 2.75) is 12.5 Å². The van der Waals surface area contributed by atoms with E-state index >= 15 is 0 Å². The monoisotopic (exact) mass is 408 g/mol. The van der Waals surface area contributed by atoms with E-state index in [-0.39, 0.29) is 17.8 Å². The molecule has 0 aromatic heterocycles. The Bertz CT molecular complexity index is 892. The Morgan fingerprint density at radius 3 is 2.50 bits per heavy atom. The first-order valence-electron chi connectivity index (χ1n) is 8.50. The smallest absolute Gasteiger partial charge is 0.249 e. The Labute approximate surface area is 162 Å². The second-order valence-corrected chi connectivity index (χ2v) is 7.74. The Balaban J connectivity index is 2.01. The van der Waals surface area contributed by atoms with Crippen molar-refractivity contribution in [3.63, 3.8) is 0 Å². The lowest BCUT2D eigenvalue weighted by Crippen LogP contribution is -2.38. The molecule has 2 amide bonds. The summed E-state index contributed by atoms with van der Waals surface area (Å²) in [5, 5.41) is 3.00. The van der Waals surface area contributed by atoms with Crippen LogP contribution in [0.4, 0.5) is 14.5 Å². The van der Waals surface area contributed by atoms with E-state index in [1.165, 1.54) is 26.4 Å². The zero-order chi connectivity index (χ0) is 20.3. The van der Waals surface area contributed by atoms with E-state index in [4.69, 9.17) is 9.05 Å². The summed E-state index contributed by atoms with van der Waals surface area (Å²) in [4.78, 5) is 24.0. The average Bonchev–Trinajstić information content (AvgIpc) is 3.06. The molecule has 9 heteroatoms. The average molecular weight is 408 g/mol. The van der Waals surface area contributed by atoms with E-state index in [1.54, 1.807) is 24.3 Å². The summed E-state index contributed by atoms with van der Waals surface area (Å²) < 4.78 is 40.5. The van der Waals surface area contributed by atoms with Gasteiger partial charge in [-0.05, 0) is 30.2 Å². The van der Waals surface area contributed by atoms with Gasteiger partial charge in [-0.1, -0.05) is 18.2 Å². The molecule has 28 heavy (non-hydrogen) atoms. The van der Waals surface area contributed by atoms with Gasteiger partial charge in [0.1, 0.15) is 6.04 Å². The number of nitrogens with one attached hydrogen (secondary N) is 1. The highest BCUT2D eigenvalue weighted by molar-refractivity contribution is 7.56. The number of hydrogen-bond acceptors (Lipinski definition) is 4. The minimum atomic E-state index is -1.45. The van der Waals surface area contributed by atoms with Crippen molar-refractivity contribution in [3.8, 4) is 11.1 Å². The molecule has 1 atom stereocenters. The van der Waals surface area contributed by atoms with Crippen molar-refractivity contribution in [2.75, 3.05) is 25.7 Å². The van der Waals surface area contributed by atoms with Gasteiger partial charge >= 0.3 is 0 Å². The molecule has 0 bridgehead atoms. The van der Waals surface area contributed by atoms with Crippen molar-refractivity contribution < 1.29 is 27.4 Å². The first kappa shape index (κ1) is 20.3. The van der Waals surface area contributed by atoms with Gasteiger partial charge in [0.05, 0.1) is 5.69 Å². The molecule has 6 nitrogen and oxygen atoms in total. The van der Waals surface area contributed by atoms with Gasteiger partial charge in [0.25, 0.3) is 0 Å². The maximum atomic E-state index is 15.0. The van der Waals surface area contributed by atoms with Gasteiger partial charge < -0.3 is 19.3 Å². The first-order valence-corrected chi connectivity index (χ1v) is 9.68. The molecule has 0 spiro atoms. The molecule has 0 aliphatic carbocycles. The quantitative estimate of drug-likeness (QED) is 0.565. The number of amides is 2. The summed E-state index contributed by atoms with van der Waals surface area (Å²) in [6.07, 6.45) is 0.752. The largest absolute Gasteiger partial charge is 0.347 e. The van der Waals surface area contributed by atoms with Crippen LogP contribution < -0.4 is 15.5 Å². The fraction of sp³-hybridized carbons (Fsp3) is 0.263. The Kier molecular flexibility index (Phi) is 6.34. The van der Waals surface area contributed by atoms with E-state index in [2.05, 4.69) is 5.32 Å². The number of carbonyl (C=O) groups is 2. The molecule has 1 aliphatic rings. The third-order valence-electron chi connectivity index (χ3n) is 4.55. The Morgan fingerprint density at radius 1 is 1.11 bits per heavy atom. The van der Waals surface area contributed by atoms with Gasteiger partial charge in [-0.2, -0.15) is 0 Å². The van der Waals surface area contributed by atoms with Crippen LogP contribution in [-0.4, -0.2) is 39.1 Å². The van der Waals surface area contributed by atoms with Crippen LogP contribution in [0.25, 0.3) is 11.1 Å². The van der Waals surface area contributed by atoms with Crippen LogP contribution in [0.1, 0.15) is 6.42 Å². The van der Waals surface area contributed by atoms with E-state index in [0.29, 0.717) is 23.7 Å². The van der Waals surface area contributed by atoms with Crippen LogP contribution in [0.2, 0.25) is 0 Å². The molecule has 1 fully saturated rings. The molecule has 1 aliphatic heterocycles. The number of benzene rings is 2. The number of halogens is 2. The lowest BCUT2D eigenvalue weighted by molar-refractivity contribution is -0.121. The summed E-state index contributed by atoms with van der Waals surface area (Å²) in [6.45, 7) is 0.190. The van der Waals surface area contributed by atoms with Crippen LogP contribution >= 0.6 is 8.38 Å². The first-order chi connectivity index (χ1) is 13.5. The fourth-order valence-electron chi connectivity index (χ4n) is 3.24. The highest BCUT2D eigenvalue weighted by atomic mass is 31.2. The van der Waals surface area contributed by atoms with Gasteiger partial charge in [0.15, 0.2) is 11.6 Å². The second-order valence-electron chi connectivity index (χ2n) is 6.02. The lowest BCUT2D eigenvalue weighted by atomic mass is 10.0. The summed E-state index contributed by atoms with van der Waals surface area (Å²) >= 11 is 0. The molecule has 0 radical (unpaired) electrons. The van der Waals surface area contributed by atoms with Crippen molar-refractivity contribution in [1.82, 2.24) is 5.32 Å². The van der Waals surface area contributed by atoms with E-state index in [1.807, 2.05) is 0 Å². The van der Waals surface area contributed by atoms with Crippen LogP contribution in [0.15, 0.2) is 36.4 Å². The molecule has 2 aromatic rings. The summed E-state index contributed by atoms with van der Waals surface area (Å²) in [5.41, 5.74) is 0.348. The SMILES string of the molecule is COP(OC)c1ccccc1-c1ccc(N2CCC(NC=O)C2=O)c(F)c1F. The number of anilines is 1. The summed E-state index contributed by atoms with van der Waals surface area (Å²) in [7, 11) is 1.52. The molecule has 0 saturated carbocycles. The number of hydrogen-bond donors (Lipinski definition) is 1. The Hall–Kier alpha value is -2.41. The van der Waals surface area contributed by atoms with Crippen LogP contribution in [-0.2, 0) is 18.6 Å². The molecule has 1 N–H and O–H groups in total. The van der Waals surface area contributed by atoms with E-state index in [0.717, 1.165) is 4.90 Å². The van der Waals surface area contributed by atoms with E-state index < -0.39 is 32.0 Å². The van der Waals surface area contributed by atoms with E-state index in [9.17, 15) is 18.4 Å². The standard InChI is InChI=1S/C19H19F2N2O4P/c1-26-28(27-2)16-6-4-3-5-12(16)13-7-8-15(18(21)17(13)20)23-10-9-14(19(23)25)22-11-24/h3-8,11,14H,9-10H2,1-2H3,(H,22,24). The zero-order valence-corrected chi connectivity index (χ0v) is 16.2. The van der Waals surface area contributed by atoms with Crippen LogP contribution in [0, 0.1) is 11.6 Å². The summed E-state index contributed by atoms with van der Waals surface area (Å²) in [6, 6.07) is 8.93. The Morgan fingerprint density at radius 2 is 1.82 bits per heavy atom. The third kappa shape index (κ3) is 3.63. The second kappa shape index (κ2) is 8.73. The van der Waals surface area contributed by atoms with Gasteiger partial charge in [-0.3, -0.25) is 9.59 Å². The van der Waals surface area contributed by atoms with Gasteiger partial charge in [-0.25, -0.2) is 8.78 Å². The molecule has 2 aromatic carbocycles.